The molecule has 0 aliphatic heterocycles. The number of benzene rings is 1. The molecule has 0 unspecified atom stereocenters. The summed E-state index contributed by atoms with van der Waals surface area (Å²) in [6.45, 7) is 7.46. The monoisotopic (exact) mass is 263 g/mol. The Labute approximate surface area is 116 Å². The molecule has 4 heteroatoms. The van der Waals surface area contributed by atoms with Crippen LogP contribution in [0.4, 0.5) is 11.4 Å². The Hall–Kier alpha value is -1.55. The molecule has 0 aliphatic rings. The average Bonchev–Trinajstić information content (AvgIpc) is 2.37. The van der Waals surface area contributed by atoms with Crippen molar-refractivity contribution < 1.29 is 4.79 Å². The number of nitrogens with zero attached hydrogens (tertiary/aromatic N) is 1. The number of nitrogens with two attached hydrogens (primary N) is 1. The van der Waals surface area contributed by atoms with Gasteiger partial charge >= 0.3 is 0 Å². The molecule has 0 aromatic heterocycles. The second-order valence-corrected chi connectivity index (χ2v) is 4.71. The molecule has 1 aromatic rings. The highest BCUT2D eigenvalue weighted by Crippen LogP contribution is 2.12. The van der Waals surface area contributed by atoms with Gasteiger partial charge in [-0.05, 0) is 50.7 Å². The predicted octanol–water partition coefficient (Wildman–Crippen LogP) is 2.72. The fourth-order valence-corrected chi connectivity index (χ4v) is 2.05. The van der Waals surface area contributed by atoms with E-state index < -0.39 is 0 Å². The topological polar surface area (TPSA) is 58.4 Å². The minimum Gasteiger partial charge on any atom is -0.399 e. The van der Waals surface area contributed by atoms with Crippen LogP contribution in [0.15, 0.2) is 24.3 Å². The third-order valence-corrected chi connectivity index (χ3v) is 3.04. The molecular formula is C15H25N3O. The van der Waals surface area contributed by atoms with Crippen LogP contribution in [0.5, 0.6) is 0 Å². The third-order valence-electron chi connectivity index (χ3n) is 3.04. The van der Waals surface area contributed by atoms with Crippen molar-refractivity contribution in [2.75, 3.05) is 30.7 Å². The summed E-state index contributed by atoms with van der Waals surface area (Å²) >= 11 is 0. The van der Waals surface area contributed by atoms with Gasteiger partial charge in [0.25, 0.3) is 0 Å². The van der Waals surface area contributed by atoms with Crippen LogP contribution in [0.3, 0.4) is 0 Å². The first-order valence-electron chi connectivity index (χ1n) is 7.03. The van der Waals surface area contributed by atoms with Crippen LogP contribution in [0, 0.1) is 0 Å². The van der Waals surface area contributed by atoms with Crippen LogP contribution < -0.4 is 11.1 Å². The Balaban J connectivity index is 2.28. The molecule has 0 bridgehead atoms. The predicted molar refractivity (Wildman–Crippen MR) is 81.1 cm³/mol. The fraction of sp³-hybridized carbons (Fsp3) is 0.533. The Morgan fingerprint density at radius 2 is 2.11 bits per heavy atom. The molecule has 0 heterocycles. The fourth-order valence-electron chi connectivity index (χ4n) is 2.05. The first-order chi connectivity index (χ1) is 9.15. The zero-order valence-electron chi connectivity index (χ0n) is 12.0. The summed E-state index contributed by atoms with van der Waals surface area (Å²) in [6.07, 6.45) is 2.60. The van der Waals surface area contributed by atoms with E-state index in [2.05, 4.69) is 24.1 Å². The van der Waals surface area contributed by atoms with Gasteiger partial charge in [-0.25, -0.2) is 0 Å². The molecule has 0 atom stereocenters. The van der Waals surface area contributed by atoms with E-state index in [1.54, 1.807) is 12.1 Å². The molecule has 0 saturated carbocycles. The summed E-state index contributed by atoms with van der Waals surface area (Å²) in [5.41, 5.74) is 7.10. The molecule has 0 aliphatic carbocycles. The molecule has 0 spiro atoms. The van der Waals surface area contributed by atoms with Crippen molar-refractivity contribution in [3.05, 3.63) is 24.3 Å². The molecule has 0 fully saturated rings. The third kappa shape index (κ3) is 6.25. The molecule has 0 saturated heterocycles. The minimum absolute atomic E-state index is 0.0538. The lowest BCUT2D eigenvalue weighted by Gasteiger charge is -2.18. The zero-order chi connectivity index (χ0) is 14.1. The van der Waals surface area contributed by atoms with E-state index >= 15 is 0 Å². The quantitative estimate of drug-likeness (QED) is 0.709. The van der Waals surface area contributed by atoms with Gasteiger partial charge in [-0.15, -0.1) is 0 Å². The summed E-state index contributed by atoms with van der Waals surface area (Å²) in [5.74, 6) is 0.0538. The van der Waals surface area contributed by atoms with Crippen LogP contribution in [0.25, 0.3) is 0 Å². The van der Waals surface area contributed by atoms with E-state index in [1.165, 1.54) is 0 Å². The van der Waals surface area contributed by atoms with Crippen molar-refractivity contribution in [3.8, 4) is 0 Å². The molecular weight excluding hydrogens is 238 g/mol. The van der Waals surface area contributed by atoms with E-state index in [-0.39, 0.29) is 5.91 Å². The van der Waals surface area contributed by atoms with Crippen molar-refractivity contribution in [1.82, 2.24) is 4.90 Å². The number of nitrogens with one attached hydrogen (secondary N) is 1. The number of hydrogen-bond acceptors (Lipinski definition) is 3. The average molecular weight is 263 g/mol. The van der Waals surface area contributed by atoms with E-state index in [1.807, 2.05) is 12.1 Å². The van der Waals surface area contributed by atoms with E-state index in [0.29, 0.717) is 12.1 Å². The first kappa shape index (κ1) is 15.5. The molecule has 0 radical (unpaired) electrons. The molecule has 1 aromatic carbocycles. The van der Waals surface area contributed by atoms with Gasteiger partial charge in [0.2, 0.25) is 5.91 Å². The Bertz CT molecular complexity index is 393. The van der Waals surface area contributed by atoms with Gasteiger partial charge in [-0.3, -0.25) is 4.79 Å². The lowest BCUT2D eigenvalue weighted by atomic mass is 10.2. The van der Waals surface area contributed by atoms with Crippen LogP contribution in [-0.2, 0) is 4.79 Å². The number of anilines is 2. The van der Waals surface area contributed by atoms with Gasteiger partial charge in [0.15, 0.2) is 0 Å². The number of carbonyl (C=O) groups excluding carboxylic acids is 1. The van der Waals surface area contributed by atoms with E-state index in [9.17, 15) is 4.79 Å². The molecule has 19 heavy (non-hydrogen) atoms. The number of carbonyl (C=O) groups is 1. The Morgan fingerprint density at radius 3 is 2.74 bits per heavy atom. The summed E-state index contributed by atoms with van der Waals surface area (Å²) < 4.78 is 0. The van der Waals surface area contributed by atoms with Gasteiger partial charge in [0, 0.05) is 17.8 Å². The highest BCUT2D eigenvalue weighted by Gasteiger charge is 2.05. The normalized spacial score (nSPS) is 10.7. The number of rotatable bonds is 8. The van der Waals surface area contributed by atoms with Gasteiger partial charge in [-0.1, -0.05) is 19.9 Å². The van der Waals surface area contributed by atoms with Gasteiger partial charge in [-0.2, -0.15) is 0 Å². The zero-order valence-corrected chi connectivity index (χ0v) is 12.0. The summed E-state index contributed by atoms with van der Waals surface area (Å²) in [7, 11) is 0. The van der Waals surface area contributed by atoms with Crippen molar-refractivity contribution in [2.24, 2.45) is 0 Å². The number of hydrogen-bond donors (Lipinski definition) is 2. The molecule has 3 N–H and O–H groups in total. The standard InChI is InChI=1S/C15H25N3O/c1-3-10-18(4-2)11-6-9-15(19)17-14-8-5-7-13(16)12-14/h5,7-8,12H,3-4,6,9-11,16H2,1-2H3,(H,17,19). The molecule has 1 rings (SSSR count). The maximum Gasteiger partial charge on any atom is 0.224 e. The molecule has 106 valence electrons. The van der Waals surface area contributed by atoms with Crippen LogP contribution in [-0.4, -0.2) is 30.4 Å². The second-order valence-electron chi connectivity index (χ2n) is 4.71. The number of amides is 1. The Kier molecular flexibility index (Phi) is 6.97. The van der Waals surface area contributed by atoms with Gasteiger partial charge in [0.1, 0.15) is 0 Å². The van der Waals surface area contributed by atoms with Crippen molar-refractivity contribution >= 4 is 17.3 Å². The van der Waals surface area contributed by atoms with Crippen LogP contribution in [0.1, 0.15) is 33.1 Å². The minimum atomic E-state index is 0.0538. The van der Waals surface area contributed by atoms with Gasteiger partial charge in [0.05, 0.1) is 0 Å². The maximum atomic E-state index is 11.8. The van der Waals surface area contributed by atoms with Crippen LogP contribution >= 0.6 is 0 Å². The summed E-state index contributed by atoms with van der Waals surface area (Å²) in [6, 6.07) is 7.27. The summed E-state index contributed by atoms with van der Waals surface area (Å²) in [5, 5.41) is 2.87. The lowest BCUT2D eigenvalue weighted by molar-refractivity contribution is -0.116. The SMILES string of the molecule is CCCN(CC)CCCC(=O)Nc1cccc(N)c1. The van der Waals surface area contributed by atoms with Crippen LogP contribution in [0.2, 0.25) is 0 Å². The Morgan fingerprint density at radius 1 is 1.32 bits per heavy atom. The highest BCUT2D eigenvalue weighted by atomic mass is 16.1. The highest BCUT2D eigenvalue weighted by molar-refractivity contribution is 5.91. The van der Waals surface area contributed by atoms with E-state index in [4.69, 9.17) is 5.73 Å². The van der Waals surface area contributed by atoms with E-state index in [0.717, 1.165) is 38.2 Å². The maximum absolute atomic E-state index is 11.8. The van der Waals surface area contributed by atoms with Crippen molar-refractivity contribution in [1.29, 1.82) is 0 Å². The van der Waals surface area contributed by atoms with Gasteiger partial charge < -0.3 is 16.0 Å². The first-order valence-corrected chi connectivity index (χ1v) is 7.03. The van der Waals surface area contributed by atoms with Crippen molar-refractivity contribution in [3.63, 3.8) is 0 Å². The molecule has 1 amide bonds. The summed E-state index contributed by atoms with van der Waals surface area (Å²) in [4.78, 5) is 14.1. The van der Waals surface area contributed by atoms with Crippen molar-refractivity contribution in [2.45, 2.75) is 33.1 Å². The number of nitrogen functional groups attached to an aromatic ring is 1. The molecule has 4 nitrogen and oxygen atoms in total. The largest absolute Gasteiger partial charge is 0.399 e. The second kappa shape index (κ2) is 8.53. The lowest BCUT2D eigenvalue weighted by Crippen LogP contribution is -2.26. The smallest absolute Gasteiger partial charge is 0.224 e.